The van der Waals surface area contributed by atoms with E-state index in [1.54, 1.807) is 24.3 Å². The maximum absolute atomic E-state index is 6.77. The van der Waals surface area contributed by atoms with Crippen molar-refractivity contribution in [3.05, 3.63) is 154 Å². The highest BCUT2D eigenvalue weighted by atomic mass is 35.5. The van der Waals surface area contributed by atoms with Gasteiger partial charge in [-0.3, -0.25) is 0 Å². The number of aryl methyl sites for hydroxylation is 2. The lowest BCUT2D eigenvalue weighted by atomic mass is 9.82. The van der Waals surface area contributed by atoms with Crippen molar-refractivity contribution < 1.29 is 9.47 Å². The van der Waals surface area contributed by atoms with Gasteiger partial charge in [-0.1, -0.05) is 89.8 Å². The van der Waals surface area contributed by atoms with Crippen molar-refractivity contribution in [3.8, 4) is 45.3 Å². The molecule has 0 spiro atoms. The van der Waals surface area contributed by atoms with E-state index in [1.165, 1.54) is 22.3 Å². The van der Waals surface area contributed by atoms with E-state index in [-0.39, 0.29) is 5.92 Å². The number of benzene rings is 6. The normalized spacial score (nSPS) is 11.1. The van der Waals surface area contributed by atoms with Crippen molar-refractivity contribution in [2.24, 2.45) is 0 Å². The van der Waals surface area contributed by atoms with Crippen LogP contribution in [0.2, 0.25) is 10.0 Å². The number of anilines is 2. The molecule has 0 aromatic heterocycles. The summed E-state index contributed by atoms with van der Waals surface area (Å²) >= 11 is 13.5. The Morgan fingerprint density at radius 3 is 1.26 bits per heavy atom. The van der Waals surface area contributed by atoms with Crippen molar-refractivity contribution in [3.63, 3.8) is 0 Å². The maximum atomic E-state index is 6.77. The SMILES string of the molecule is Cc1ccc(-c2ccc(Oc3ccc(N)cc3)c(Cl)c2)c(C(C)c2cc(C)ccc2-c2ccc(Oc3ccc(N)cc3)c(Cl)c2)c1. The van der Waals surface area contributed by atoms with Crippen LogP contribution in [0.15, 0.2) is 121 Å². The first-order chi connectivity index (χ1) is 22.1. The minimum absolute atomic E-state index is 0.0544. The molecule has 6 rings (SSSR count). The summed E-state index contributed by atoms with van der Waals surface area (Å²) in [5.74, 6) is 2.56. The van der Waals surface area contributed by atoms with Gasteiger partial charge >= 0.3 is 0 Å². The van der Waals surface area contributed by atoms with Crippen molar-refractivity contribution in [2.45, 2.75) is 26.7 Å². The topological polar surface area (TPSA) is 70.5 Å². The van der Waals surface area contributed by atoms with E-state index in [2.05, 4.69) is 69.3 Å². The number of rotatable bonds is 8. The molecule has 4 nitrogen and oxygen atoms in total. The van der Waals surface area contributed by atoms with E-state index in [0.29, 0.717) is 44.4 Å². The molecule has 0 atom stereocenters. The maximum Gasteiger partial charge on any atom is 0.146 e. The zero-order valence-electron chi connectivity index (χ0n) is 25.9. The average Bonchev–Trinajstić information content (AvgIpc) is 3.04. The summed E-state index contributed by atoms with van der Waals surface area (Å²) in [5, 5.41) is 1.06. The highest BCUT2D eigenvalue weighted by Gasteiger charge is 2.20. The Bertz CT molecular complexity index is 1880. The second-order valence-corrected chi connectivity index (χ2v) is 12.4. The molecule has 0 radical (unpaired) electrons. The van der Waals surface area contributed by atoms with Crippen LogP contribution in [0.5, 0.6) is 23.0 Å². The van der Waals surface area contributed by atoms with E-state index in [4.69, 9.17) is 44.1 Å². The molecule has 6 aromatic rings. The molecule has 0 saturated carbocycles. The lowest BCUT2D eigenvalue weighted by Gasteiger charge is -2.22. The number of halogens is 2. The molecule has 0 aliphatic rings. The van der Waals surface area contributed by atoms with Crippen LogP contribution < -0.4 is 20.9 Å². The molecule has 46 heavy (non-hydrogen) atoms. The molecule has 0 heterocycles. The summed E-state index contributed by atoms with van der Waals surface area (Å²) in [5.41, 5.74) is 22.0. The van der Waals surface area contributed by atoms with Crippen LogP contribution in [0, 0.1) is 13.8 Å². The summed E-state index contributed by atoms with van der Waals surface area (Å²) < 4.78 is 12.1. The van der Waals surface area contributed by atoms with Crippen molar-refractivity contribution >= 4 is 34.6 Å². The number of ether oxygens (including phenoxy) is 2. The Morgan fingerprint density at radius 1 is 0.500 bits per heavy atom. The second kappa shape index (κ2) is 13.2. The van der Waals surface area contributed by atoms with Gasteiger partial charge in [-0.15, -0.1) is 0 Å². The molecule has 6 aromatic carbocycles. The third-order valence-electron chi connectivity index (χ3n) is 8.05. The Balaban J connectivity index is 1.34. The van der Waals surface area contributed by atoms with Crippen molar-refractivity contribution in [1.29, 1.82) is 0 Å². The predicted molar refractivity (Wildman–Crippen MR) is 193 cm³/mol. The number of hydrogen-bond donors (Lipinski definition) is 2. The van der Waals surface area contributed by atoms with Gasteiger partial charge in [0.05, 0.1) is 10.0 Å². The van der Waals surface area contributed by atoms with E-state index in [9.17, 15) is 0 Å². The van der Waals surface area contributed by atoms with Gasteiger partial charge < -0.3 is 20.9 Å². The standard InChI is InChI=1S/C40H34Cl2N2O2/c1-24-4-16-33(27-6-18-39(37(41)22-27)45-31-12-8-29(43)9-13-31)35(20-24)26(3)36-21-25(2)5-17-34(36)28-7-19-40(38(42)23-28)46-32-14-10-30(44)11-15-32/h4-23,26H,43-44H2,1-3H3. The molecule has 0 aliphatic heterocycles. The minimum atomic E-state index is 0.0544. The number of nitrogens with two attached hydrogens (primary N) is 2. The summed E-state index contributed by atoms with van der Waals surface area (Å²) in [6, 6.07) is 39.5. The summed E-state index contributed by atoms with van der Waals surface area (Å²) in [6.45, 7) is 6.48. The van der Waals surface area contributed by atoms with Gasteiger partial charge in [0.15, 0.2) is 0 Å². The Kier molecular flexibility index (Phi) is 8.94. The highest BCUT2D eigenvalue weighted by Crippen LogP contribution is 2.42. The molecule has 0 fully saturated rings. The van der Waals surface area contributed by atoms with Gasteiger partial charge in [0.2, 0.25) is 0 Å². The molecular formula is C40H34Cl2N2O2. The summed E-state index contributed by atoms with van der Waals surface area (Å²) in [4.78, 5) is 0. The van der Waals surface area contributed by atoms with Gasteiger partial charge in [0, 0.05) is 17.3 Å². The zero-order chi connectivity index (χ0) is 32.4. The Hall–Kier alpha value is -4.90. The van der Waals surface area contributed by atoms with Gasteiger partial charge in [-0.25, -0.2) is 0 Å². The van der Waals surface area contributed by atoms with Crippen LogP contribution in [-0.4, -0.2) is 0 Å². The second-order valence-electron chi connectivity index (χ2n) is 11.5. The van der Waals surface area contributed by atoms with Gasteiger partial charge in [0.1, 0.15) is 23.0 Å². The van der Waals surface area contributed by atoms with Gasteiger partial charge in [-0.05, 0) is 120 Å². The van der Waals surface area contributed by atoms with Gasteiger partial charge in [-0.2, -0.15) is 0 Å². The largest absolute Gasteiger partial charge is 0.456 e. The minimum Gasteiger partial charge on any atom is -0.456 e. The smallest absolute Gasteiger partial charge is 0.146 e. The van der Waals surface area contributed by atoms with Gasteiger partial charge in [0.25, 0.3) is 0 Å². The van der Waals surface area contributed by atoms with Crippen molar-refractivity contribution in [2.75, 3.05) is 11.5 Å². The first-order valence-electron chi connectivity index (χ1n) is 15.0. The lowest BCUT2D eigenvalue weighted by Crippen LogP contribution is -2.03. The van der Waals surface area contributed by atoms with Crippen molar-refractivity contribution in [1.82, 2.24) is 0 Å². The van der Waals surface area contributed by atoms with E-state index >= 15 is 0 Å². The highest BCUT2D eigenvalue weighted by molar-refractivity contribution is 6.32. The fraction of sp³-hybridized carbons (Fsp3) is 0.100. The molecule has 0 aliphatic carbocycles. The van der Waals surface area contributed by atoms with Crippen LogP contribution in [-0.2, 0) is 0 Å². The molecule has 0 saturated heterocycles. The van der Waals surface area contributed by atoms with Crippen LogP contribution in [0.3, 0.4) is 0 Å². The predicted octanol–water partition coefficient (Wildman–Crippen LogP) is 11.8. The summed E-state index contributed by atoms with van der Waals surface area (Å²) in [6.07, 6.45) is 0. The first kappa shape index (κ1) is 31.1. The van der Waals surface area contributed by atoms with Crippen LogP contribution in [0.4, 0.5) is 11.4 Å². The Morgan fingerprint density at radius 2 is 0.891 bits per heavy atom. The number of nitrogen functional groups attached to an aromatic ring is 2. The molecule has 0 bridgehead atoms. The fourth-order valence-corrected chi connectivity index (χ4v) is 6.04. The van der Waals surface area contributed by atoms with Crippen LogP contribution >= 0.6 is 23.2 Å². The fourth-order valence-electron chi connectivity index (χ4n) is 5.60. The van der Waals surface area contributed by atoms with E-state index < -0.39 is 0 Å². The quantitative estimate of drug-likeness (QED) is 0.162. The third-order valence-corrected chi connectivity index (χ3v) is 8.64. The monoisotopic (exact) mass is 644 g/mol. The van der Waals surface area contributed by atoms with E-state index in [0.717, 1.165) is 22.3 Å². The molecular weight excluding hydrogens is 611 g/mol. The molecule has 230 valence electrons. The van der Waals surface area contributed by atoms with E-state index in [1.807, 2.05) is 48.5 Å². The molecule has 0 amide bonds. The Labute approximate surface area is 280 Å². The first-order valence-corrected chi connectivity index (χ1v) is 15.8. The lowest BCUT2D eigenvalue weighted by molar-refractivity contribution is 0.483. The van der Waals surface area contributed by atoms with Crippen LogP contribution in [0.25, 0.3) is 22.3 Å². The molecule has 0 unspecified atom stereocenters. The molecule has 6 heteroatoms. The number of hydrogen-bond acceptors (Lipinski definition) is 4. The summed E-state index contributed by atoms with van der Waals surface area (Å²) in [7, 11) is 0. The zero-order valence-corrected chi connectivity index (χ0v) is 27.4. The van der Waals surface area contributed by atoms with Crippen LogP contribution in [0.1, 0.15) is 35.1 Å². The third kappa shape index (κ3) is 6.84. The molecule has 4 N–H and O–H groups in total. The average molecular weight is 646 g/mol.